The predicted octanol–water partition coefficient (Wildman–Crippen LogP) is 1.19. The number of aromatic amines is 1. The van der Waals surface area contributed by atoms with E-state index in [1.165, 1.54) is 0 Å². The monoisotopic (exact) mass is 218 g/mol. The van der Waals surface area contributed by atoms with Gasteiger partial charge in [0.2, 0.25) is 0 Å². The van der Waals surface area contributed by atoms with Gasteiger partial charge in [-0.2, -0.15) is 0 Å². The van der Waals surface area contributed by atoms with E-state index in [0.29, 0.717) is 17.0 Å². The van der Waals surface area contributed by atoms with Crippen LogP contribution in [0.5, 0.6) is 0 Å². The lowest BCUT2D eigenvalue weighted by Crippen LogP contribution is -2.11. The lowest BCUT2D eigenvalue weighted by atomic mass is 10.0. The van der Waals surface area contributed by atoms with Crippen molar-refractivity contribution in [3.63, 3.8) is 0 Å². The van der Waals surface area contributed by atoms with Gasteiger partial charge in [0.15, 0.2) is 6.10 Å². The second-order valence-electron chi connectivity index (χ2n) is 3.27. The number of aliphatic hydroxyl groups excluding tert-OH is 1. The second kappa shape index (κ2) is 4.16. The Kier molecular flexibility index (Phi) is 2.70. The second-order valence-corrected chi connectivity index (χ2v) is 3.27. The lowest BCUT2D eigenvalue weighted by molar-refractivity contribution is -0.146. The van der Waals surface area contributed by atoms with Gasteiger partial charge in [0.05, 0.1) is 0 Å². The van der Waals surface area contributed by atoms with Crippen molar-refractivity contribution >= 4 is 5.97 Å². The van der Waals surface area contributed by atoms with Gasteiger partial charge in [-0.05, 0) is 0 Å². The first-order valence-corrected chi connectivity index (χ1v) is 4.69. The van der Waals surface area contributed by atoms with Crippen molar-refractivity contribution in [2.24, 2.45) is 0 Å². The number of aliphatic carboxylic acids is 1. The Bertz CT molecular complexity index is 494. The SMILES string of the molecule is O=C(O)C(O)c1ccccc1-c1ncc[nH]1. The topological polar surface area (TPSA) is 86.2 Å². The number of nitrogens with one attached hydrogen (secondary N) is 1. The minimum atomic E-state index is -1.54. The predicted molar refractivity (Wildman–Crippen MR) is 56.6 cm³/mol. The minimum absolute atomic E-state index is 0.324. The molecule has 0 radical (unpaired) electrons. The summed E-state index contributed by atoms with van der Waals surface area (Å²) in [6.45, 7) is 0. The van der Waals surface area contributed by atoms with Crippen molar-refractivity contribution < 1.29 is 15.0 Å². The molecule has 0 aliphatic rings. The number of H-pyrrole nitrogens is 1. The molecular weight excluding hydrogens is 208 g/mol. The van der Waals surface area contributed by atoms with Gasteiger partial charge in [0.1, 0.15) is 5.82 Å². The molecule has 0 aliphatic carbocycles. The highest BCUT2D eigenvalue weighted by Crippen LogP contribution is 2.25. The van der Waals surface area contributed by atoms with E-state index >= 15 is 0 Å². The highest BCUT2D eigenvalue weighted by Gasteiger charge is 2.20. The van der Waals surface area contributed by atoms with Crippen LogP contribution in [-0.4, -0.2) is 26.2 Å². The third kappa shape index (κ3) is 1.80. The van der Waals surface area contributed by atoms with Crippen LogP contribution in [0.4, 0.5) is 0 Å². The van der Waals surface area contributed by atoms with Gasteiger partial charge in [0, 0.05) is 23.5 Å². The fraction of sp³-hybridized carbons (Fsp3) is 0.0909. The zero-order valence-electron chi connectivity index (χ0n) is 8.29. The molecule has 1 heterocycles. The molecule has 0 saturated carbocycles. The Balaban J connectivity index is 2.50. The number of rotatable bonds is 3. The Hall–Kier alpha value is -2.14. The number of hydrogen-bond donors (Lipinski definition) is 3. The summed E-state index contributed by atoms with van der Waals surface area (Å²) in [7, 11) is 0. The average Bonchev–Trinajstić information content (AvgIpc) is 2.81. The van der Waals surface area contributed by atoms with Crippen LogP contribution in [0.1, 0.15) is 11.7 Å². The molecule has 2 aromatic rings. The van der Waals surface area contributed by atoms with E-state index < -0.39 is 12.1 Å². The number of hydrogen-bond acceptors (Lipinski definition) is 3. The number of aromatic nitrogens is 2. The van der Waals surface area contributed by atoms with Crippen molar-refractivity contribution in [2.45, 2.75) is 6.10 Å². The van der Waals surface area contributed by atoms with Gasteiger partial charge in [-0.25, -0.2) is 9.78 Å². The van der Waals surface area contributed by atoms with Crippen molar-refractivity contribution in [1.29, 1.82) is 0 Å². The van der Waals surface area contributed by atoms with Gasteiger partial charge >= 0.3 is 5.97 Å². The minimum Gasteiger partial charge on any atom is -0.479 e. The molecule has 0 aliphatic heterocycles. The smallest absolute Gasteiger partial charge is 0.337 e. The van der Waals surface area contributed by atoms with Gasteiger partial charge in [-0.3, -0.25) is 0 Å². The zero-order chi connectivity index (χ0) is 11.5. The molecule has 3 N–H and O–H groups in total. The van der Waals surface area contributed by atoms with E-state index in [9.17, 15) is 9.90 Å². The van der Waals surface area contributed by atoms with Crippen molar-refractivity contribution in [3.05, 3.63) is 42.2 Å². The maximum absolute atomic E-state index is 10.7. The molecule has 0 spiro atoms. The molecule has 0 fully saturated rings. The molecule has 1 aromatic carbocycles. The van der Waals surface area contributed by atoms with E-state index in [4.69, 9.17) is 5.11 Å². The summed E-state index contributed by atoms with van der Waals surface area (Å²) >= 11 is 0. The summed E-state index contributed by atoms with van der Waals surface area (Å²) in [5, 5.41) is 18.3. The van der Waals surface area contributed by atoms with Crippen LogP contribution in [0.15, 0.2) is 36.7 Å². The molecular formula is C11H10N2O3. The summed E-state index contributed by atoms with van der Waals surface area (Å²) in [5.74, 6) is -0.741. The number of aliphatic hydroxyl groups is 1. The normalized spacial score (nSPS) is 12.3. The summed E-state index contributed by atoms with van der Waals surface area (Å²) in [6, 6.07) is 6.71. The highest BCUT2D eigenvalue weighted by molar-refractivity contribution is 5.78. The van der Waals surface area contributed by atoms with Crippen LogP contribution >= 0.6 is 0 Å². The molecule has 1 aromatic heterocycles. The van der Waals surface area contributed by atoms with Gasteiger partial charge in [-0.15, -0.1) is 0 Å². The van der Waals surface area contributed by atoms with Crippen molar-refractivity contribution in [2.75, 3.05) is 0 Å². The van der Waals surface area contributed by atoms with Crippen LogP contribution < -0.4 is 0 Å². The van der Waals surface area contributed by atoms with Crippen LogP contribution in [0.3, 0.4) is 0 Å². The Labute approximate surface area is 91.4 Å². The van der Waals surface area contributed by atoms with E-state index in [2.05, 4.69) is 9.97 Å². The lowest BCUT2D eigenvalue weighted by Gasteiger charge is -2.10. The van der Waals surface area contributed by atoms with Gasteiger partial charge in [-0.1, -0.05) is 24.3 Å². The molecule has 2 rings (SSSR count). The van der Waals surface area contributed by atoms with E-state index in [0.717, 1.165) is 0 Å². The van der Waals surface area contributed by atoms with Gasteiger partial charge < -0.3 is 15.2 Å². The summed E-state index contributed by atoms with van der Waals surface area (Å²) in [4.78, 5) is 17.6. The molecule has 0 saturated heterocycles. The first-order chi connectivity index (χ1) is 7.70. The maximum atomic E-state index is 10.7. The average molecular weight is 218 g/mol. The van der Waals surface area contributed by atoms with Crippen LogP contribution in [-0.2, 0) is 4.79 Å². The summed E-state index contributed by atoms with van der Waals surface area (Å²) in [6.07, 6.45) is 1.67. The number of carbonyl (C=O) groups is 1. The highest BCUT2D eigenvalue weighted by atomic mass is 16.4. The first kappa shape index (κ1) is 10.4. The molecule has 82 valence electrons. The summed E-state index contributed by atoms with van der Waals surface area (Å²) in [5.41, 5.74) is 0.910. The number of nitrogens with zero attached hydrogens (tertiary/aromatic N) is 1. The molecule has 0 amide bonds. The Morgan fingerprint density at radius 1 is 1.38 bits per heavy atom. The third-order valence-electron chi connectivity index (χ3n) is 2.24. The standard InChI is InChI=1S/C11H10N2O3/c14-9(11(15)16)7-3-1-2-4-8(7)10-12-5-6-13-10/h1-6,9,14H,(H,12,13)(H,15,16). The van der Waals surface area contributed by atoms with Crippen LogP contribution in [0, 0.1) is 0 Å². The molecule has 0 bridgehead atoms. The van der Waals surface area contributed by atoms with E-state index in [1.807, 2.05) is 0 Å². The molecule has 1 atom stereocenters. The molecule has 5 nitrogen and oxygen atoms in total. The maximum Gasteiger partial charge on any atom is 0.337 e. The van der Waals surface area contributed by atoms with Crippen molar-refractivity contribution in [1.82, 2.24) is 9.97 Å². The fourth-order valence-electron chi connectivity index (χ4n) is 1.50. The molecule has 16 heavy (non-hydrogen) atoms. The number of benzene rings is 1. The Morgan fingerprint density at radius 2 is 2.12 bits per heavy atom. The third-order valence-corrected chi connectivity index (χ3v) is 2.24. The van der Waals surface area contributed by atoms with E-state index in [1.54, 1.807) is 36.7 Å². The number of carboxylic acids is 1. The molecule has 5 heteroatoms. The zero-order valence-corrected chi connectivity index (χ0v) is 8.29. The first-order valence-electron chi connectivity index (χ1n) is 4.69. The quantitative estimate of drug-likeness (QED) is 0.722. The van der Waals surface area contributed by atoms with Crippen molar-refractivity contribution in [3.8, 4) is 11.4 Å². The van der Waals surface area contributed by atoms with Gasteiger partial charge in [0.25, 0.3) is 0 Å². The fourth-order valence-corrected chi connectivity index (χ4v) is 1.50. The summed E-state index contributed by atoms with van der Waals surface area (Å²) < 4.78 is 0. The Morgan fingerprint density at radius 3 is 2.75 bits per heavy atom. The number of carboxylic acid groups (broad SMARTS) is 1. The molecule has 1 unspecified atom stereocenters. The number of imidazole rings is 1. The van der Waals surface area contributed by atoms with Crippen LogP contribution in [0.2, 0.25) is 0 Å². The van der Waals surface area contributed by atoms with E-state index in [-0.39, 0.29) is 0 Å². The largest absolute Gasteiger partial charge is 0.479 e. The van der Waals surface area contributed by atoms with Crippen LogP contribution in [0.25, 0.3) is 11.4 Å².